The van der Waals surface area contributed by atoms with E-state index >= 15 is 0 Å². The van der Waals surface area contributed by atoms with Gasteiger partial charge in [-0.3, -0.25) is 0 Å². The molecule has 1 aliphatic carbocycles. The molecule has 1 aliphatic heterocycles. The predicted molar refractivity (Wildman–Crippen MR) is 110 cm³/mol. The van der Waals surface area contributed by atoms with Crippen molar-refractivity contribution in [2.45, 2.75) is 50.2 Å². The summed E-state index contributed by atoms with van der Waals surface area (Å²) in [5.74, 6) is 0. The maximum absolute atomic E-state index is 12.9. The lowest BCUT2D eigenvalue weighted by atomic mass is 9.89. The second kappa shape index (κ2) is 8.06. The van der Waals surface area contributed by atoms with Gasteiger partial charge in [0.25, 0.3) is 0 Å². The fraction of sp³-hybridized carbons (Fsp3) is 0.348. The molecule has 1 atom stereocenters. The predicted octanol–water partition coefficient (Wildman–Crippen LogP) is 4.36. The first-order chi connectivity index (χ1) is 13.5. The average molecular weight is 396 g/mol. The van der Waals surface area contributed by atoms with Gasteiger partial charge >= 0.3 is 0 Å². The molecule has 1 heterocycles. The molecule has 0 radical (unpaired) electrons. The molecule has 0 amide bonds. The zero-order chi connectivity index (χ0) is 19.6. The van der Waals surface area contributed by atoms with Gasteiger partial charge < -0.3 is 4.74 Å². The van der Waals surface area contributed by atoms with Crippen LogP contribution >= 0.6 is 0 Å². The highest BCUT2D eigenvalue weighted by Gasteiger charge is 2.26. The molecule has 4 rings (SSSR count). The molecule has 0 spiro atoms. The number of aryl methyl sites for hydroxylation is 1. The van der Waals surface area contributed by atoms with Crippen LogP contribution in [0.3, 0.4) is 0 Å². The van der Waals surface area contributed by atoms with E-state index in [0.29, 0.717) is 18.1 Å². The Hall–Kier alpha value is -2.17. The van der Waals surface area contributed by atoms with Gasteiger partial charge in [0.2, 0.25) is 10.0 Å². The van der Waals surface area contributed by atoms with E-state index in [1.54, 1.807) is 12.1 Å². The fourth-order valence-corrected chi connectivity index (χ4v) is 5.11. The highest BCUT2D eigenvalue weighted by atomic mass is 32.2. The van der Waals surface area contributed by atoms with E-state index in [1.165, 1.54) is 0 Å². The molecule has 4 nitrogen and oxygen atoms in total. The number of hydrogen-bond donors (Lipinski definition) is 1. The minimum absolute atomic E-state index is 0.221. The molecule has 5 heteroatoms. The first kappa shape index (κ1) is 19.2. The van der Waals surface area contributed by atoms with Crippen LogP contribution in [-0.4, -0.2) is 21.1 Å². The van der Waals surface area contributed by atoms with Crippen LogP contribution in [0.5, 0.6) is 0 Å². The molecular formula is C23H25NO3S. The summed E-state index contributed by atoms with van der Waals surface area (Å²) in [4.78, 5) is 0.307. The van der Waals surface area contributed by atoms with Crippen LogP contribution in [0.15, 0.2) is 64.7 Å². The highest BCUT2D eigenvalue weighted by molar-refractivity contribution is 7.89. The molecule has 1 fully saturated rings. The number of hydrogen-bond acceptors (Lipinski definition) is 3. The van der Waals surface area contributed by atoms with E-state index in [9.17, 15) is 8.42 Å². The third-order valence-electron chi connectivity index (χ3n) is 5.40. The Morgan fingerprint density at radius 3 is 2.64 bits per heavy atom. The Morgan fingerprint density at radius 2 is 1.82 bits per heavy atom. The van der Waals surface area contributed by atoms with Gasteiger partial charge in [0.1, 0.15) is 0 Å². The third kappa shape index (κ3) is 4.13. The number of rotatable bonds is 3. The summed E-state index contributed by atoms with van der Waals surface area (Å²) in [6.07, 6.45) is 3.71. The average Bonchev–Trinajstić information content (AvgIpc) is 2.70. The van der Waals surface area contributed by atoms with E-state index in [4.69, 9.17) is 4.74 Å². The van der Waals surface area contributed by atoms with E-state index < -0.39 is 10.0 Å². The molecule has 0 unspecified atom stereocenters. The SMILES string of the molecule is Cc1ccc(S(=O)(=O)N[C@H]2CCCCC2=C=C2COCc3ccccc32)cc1. The number of sulfonamides is 1. The zero-order valence-corrected chi connectivity index (χ0v) is 16.9. The van der Waals surface area contributed by atoms with Crippen LogP contribution in [0.4, 0.5) is 0 Å². The van der Waals surface area contributed by atoms with Crippen molar-refractivity contribution in [1.29, 1.82) is 0 Å². The molecule has 2 aliphatic rings. The lowest BCUT2D eigenvalue weighted by Gasteiger charge is -2.26. The maximum Gasteiger partial charge on any atom is 0.241 e. The van der Waals surface area contributed by atoms with Crippen LogP contribution in [0, 0.1) is 6.92 Å². The molecular weight excluding hydrogens is 370 g/mol. The molecule has 1 N–H and O–H groups in total. The summed E-state index contributed by atoms with van der Waals surface area (Å²) in [6.45, 7) is 3.07. The van der Waals surface area contributed by atoms with Crippen molar-refractivity contribution in [2.75, 3.05) is 6.61 Å². The van der Waals surface area contributed by atoms with Gasteiger partial charge in [-0.15, -0.1) is 5.73 Å². The number of benzene rings is 2. The molecule has 1 saturated carbocycles. The van der Waals surface area contributed by atoms with Gasteiger partial charge in [0.05, 0.1) is 24.2 Å². The molecule has 2 aromatic rings. The van der Waals surface area contributed by atoms with Gasteiger partial charge in [0.15, 0.2) is 0 Å². The molecule has 28 heavy (non-hydrogen) atoms. The minimum atomic E-state index is -3.56. The van der Waals surface area contributed by atoms with Crippen LogP contribution in [-0.2, 0) is 21.4 Å². The van der Waals surface area contributed by atoms with Crippen molar-refractivity contribution in [1.82, 2.24) is 4.72 Å². The minimum Gasteiger partial charge on any atom is -0.371 e. The second-order valence-corrected chi connectivity index (χ2v) is 9.23. The molecule has 146 valence electrons. The van der Waals surface area contributed by atoms with E-state index in [2.05, 4.69) is 22.6 Å². The molecule has 0 aromatic heterocycles. The Morgan fingerprint density at radius 1 is 1.04 bits per heavy atom. The third-order valence-corrected chi connectivity index (χ3v) is 6.88. The quantitative estimate of drug-likeness (QED) is 0.786. The Balaban J connectivity index is 1.68. The van der Waals surface area contributed by atoms with E-state index in [0.717, 1.165) is 53.5 Å². The highest BCUT2D eigenvalue weighted by Crippen LogP contribution is 2.29. The van der Waals surface area contributed by atoms with Crippen molar-refractivity contribution in [2.24, 2.45) is 0 Å². The van der Waals surface area contributed by atoms with Crippen molar-refractivity contribution < 1.29 is 13.2 Å². The largest absolute Gasteiger partial charge is 0.371 e. The summed E-state index contributed by atoms with van der Waals surface area (Å²) in [7, 11) is -3.56. The summed E-state index contributed by atoms with van der Waals surface area (Å²) in [6, 6.07) is 14.9. The molecule has 2 aromatic carbocycles. The van der Waals surface area contributed by atoms with Crippen molar-refractivity contribution in [3.05, 3.63) is 76.5 Å². The fourth-order valence-electron chi connectivity index (χ4n) is 3.84. The Kier molecular flexibility index (Phi) is 5.51. The van der Waals surface area contributed by atoms with Crippen LogP contribution in [0.1, 0.15) is 42.4 Å². The van der Waals surface area contributed by atoms with Gasteiger partial charge in [-0.1, -0.05) is 48.4 Å². The monoisotopic (exact) mass is 395 g/mol. The Bertz CT molecular complexity index is 1030. The topological polar surface area (TPSA) is 55.4 Å². The summed E-state index contributed by atoms with van der Waals surface area (Å²) in [5, 5.41) is 0. The van der Waals surface area contributed by atoms with Gasteiger partial charge in [-0.25, -0.2) is 13.1 Å². The van der Waals surface area contributed by atoms with Crippen molar-refractivity contribution >= 4 is 15.6 Å². The zero-order valence-electron chi connectivity index (χ0n) is 16.1. The van der Waals surface area contributed by atoms with E-state index in [1.807, 2.05) is 31.2 Å². The van der Waals surface area contributed by atoms with Crippen molar-refractivity contribution in [3.8, 4) is 0 Å². The van der Waals surface area contributed by atoms with Crippen LogP contribution in [0.2, 0.25) is 0 Å². The number of fused-ring (bicyclic) bond motifs is 1. The lowest BCUT2D eigenvalue weighted by molar-refractivity contribution is 0.146. The van der Waals surface area contributed by atoms with Gasteiger partial charge in [-0.05, 0) is 55.0 Å². The van der Waals surface area contributed by atoms with Crippen LogP contribution in [0.25, 0.3) is 5.57 Å². The van der Waals surface area contributed by atoms with Crippen molar-refractivity contribution in [3.63, 3.8) is 0 Å². The summed E-state index contributed by atoms with van der Waals surface area (Å²) in [5.41, 5.74) is 8.92. The number of ether oxygens (including phenoxy) is 1. The Labute approximate surface area is 167 Å². The normalized spacial score (nSPS) is 19.8. The smallest absolute Gasteiger partial charge is 0.241 e. The summed E-state index contributed by atoms with van der Waals surface area (Å²) < 4.78 is 34.4. The standard InChI is InChI=1S/C23H25NO3S/c1-17-10-12-21(13-11-17)28(25,26)24-23-9-5-3-6-18(23)14-20-16-27-15-19-7-2-4-8-22(19)20/h2,4,7-8,10-13,23-24H,3,5-6,9,15-16H2,1H3/t14?,23-/m0/s1. The van der Waals surface area contributed by atoms with Crippen LogP contribution < -0.4 is 4.72 Å². The first-order valence-electron chi connectivity index (χ1n) is 9.76. The second-order valence-electron chi connectivity index (χ2n) is 7.51. The lowest BCUT2D eigenvalue weighted by Crippen LogP contribution is -2.37. The van der Waals surface area contributed by atoms with E-state index in [-0.39, 0.29) is 6.04 Å². The van der Waals surface area contributed by atoms with Gasteiger partial charge in [-0.2, -0.15) is 0 Å². The summed E-state index contributed by atoms with van der Waals surface area (Å²) >= 11 is 0. The number of nitrogens with one attached hydrogen (secondary N) is 1. The first-order valence-corrected chi connectivity index (χ1v) is 11.2. The maximum atomic E-state index is 12.9. The van der Waals surface area contributed by atoms with Gasteiger partial charge in [0, 0.05) is 5.57 Å². The molecule has 0 saturated heterocycles. The molecule has 0 bridgehead atoms.